The van der Waals surface area contributed by atoms with E-state index < -0.39 is 23.2 Å². The molecule has 1 aliphatic carbocycles. The second-order valence-electron chi connectivity index (χ2n) is 8.04. The summed E-state index contributed by atoms with van der Waals surface area (Å²) in [6, 6.07) is 0. The van der Waals surface area contributed by atoms with Gasteiger partial charge in [0.05, 0.1) is 0 Å². The molecule has 0 aliphatic heterocycles. The average Bonchev–Trinajstić information content (AvgIpc) is 2.24. The standard InChI is InChI=1S/C16H29NO4/c1-11-10-15(5,6)8-9-16(11,12(18)19)17(7)13(20)21-14(2,3)4/h11H,8-10H2,1-7H3,(H,18,19). The van der Waals surface area contributed by atoms with Gasteiger partial charge in [-0.15, -0.1) is 0 Å². The van der Waals surface area contributed by atoms with Crippen molar-refractivity contribution >= 4 is 12.1 Å². The lowest BCUT2D eigenvalue weighted by atomic mass is 9.63. The largest absolute Gasteiger partial charge is 0.479 e. The zero-order chi connectivity index (χ0) is 16.6. The van der Waals surface area contributed by atoms with Crippen LogP contribution in [0.25, 0.3) is 0 Å². The molecule has 2 atom stereocenters. The Morgan fingerprint density at radius 3 is 2.14 bits per heavy atom. The molecule has 1 N–H and O–H groups in total. The first kappa shape index (κ1) is 17.8. The molecule has 5 nitrogen and oxygen atoms in total. The van der Waals surface area contributed by atoms with E-state index in [2.05, 4.69) is 13.8 Å². The summed E-state index contributed by atoms with van der Waals surface area (Å²) in [5.41, 5.74) is -1.72. The molecule has 0 spiro atoms. The maximum absolute atomic E-state index is 12.3. The summed E-state index contributed by atoms with van der Waals surface area (Å²) in [6.45, 7) is 11.5. The molecule has 1 rings (SSSR count). The number of carboxylic acids is 1. The lowest BCUT2D eigenvalue weighted by molar-refractivity contribution is -0.159. The smallest absolute Gasteiger partial charge is 0.410 e. The van der Waals surface area contributed by atoms with Gasteiger partial charge in [0.15, 0.2) is 0 Å². The molecule has 1 fully saturated rings. The van der Waals surface area contributed by atoms with Crippen LogP contribution in [0.3, 0.4) is 0 Å². The molecule has 0 heterocycles. The number of aliphatic carboxylic acids is 1. The van der Waals surface area contributed by atoms with Crippen molar-refractivity contribution in [3.8, 4) is 0 Å². The number of ether oxygens (including phenoxy) is 1. The van der Waals surface area contributed by atoms with Crippen molar-refractivity contribution in [2.45, 2.75) is 71.9 Å². The van der Waals surface area contributed by atoms with Gasteiger partial charge < -0.3 is 9.84 Å². The minimum Gasteiger partial charge on any atom is -0.479 e. The number of amides is 1. The molecule has 21 heavy (non-hydrogen) atoms. The summed E-state index contributed by atoms with van der Waals surface area (Å²) in [5.74, 6) is -1.07. The van der Waals surface area contributed by atoms with Crippen molar-refractivity contribution in [1.82, 2.24) is 4.90 Å². The van der Waals surface area contributed by atoms with Crippen LogP contribution in [0.2, 0.25) is 0 Å². The van der Waals surface area contributed by atoms with E-state index in [-0.39, 0.29) is 11.3 Å². The van der Waals surface area contributed by atoms with Crippen LogP contribution in [0.1, 0.15) is 60.8 Å². The van der Waals surface area contributed by atoms with Gasteiger partial charge in [0, 0.05) is 7.05 Å². The fourth-order valence-corrected chi connectivity index (χ4v) is 3.33. The van der Waals surface area contributed by atoms with E-state index in [0.29, 0.717) is 6.42 Å². The highest BCUT2D eigenvalue weighted by Crippen LogP contribution is 2.46. The molecule has 0 aromatic heterocycles. The van der Waals surface area contributed by atoms with Crippen LogP contribution in [0.5, 0.6) is 0 Å². The minimum absolute atomic E-state index is 0.104. The summed E-state index contributed by atoms with van der Waals surface area (Å²) in [5, 5.41) is 9.80. The van der Waals surface area contributed by atoms with Crippen molar-refractivity contribution in [2.24, 2.45) is 11.3 Å². The first-order chi connectivity index (χ1) is 9.32. The van der Waals surface area contributed by atoms with Crippen molar-refractivity contribution in [2.75, 3.05) is 7.05 Å². The number of carbonyl (C=O) groups excluding carboxylic acids is 1. The van der Waals surface area contributed by atoms with Crippen LogP contribution >= 0.6 is 0 Å². The maximum Gasteiger partial charge on any atom is 0.410 e. The van der Waals surface area contributed by atoms with Gasteiger partial charge >= 0.3 is 12.1 Å². The third-order valence-electron chi connectivity index (χ3n) is 4.49. The molecule has 0 aromatic carbocycles. The highest BCUT2D eigenvalue weighted by atomic mass is 16.6. The SMILES string of the molecule is CC1CC(C)(C)CCC1(C(=O)O)N(C)C(=O)OC(C)(C)C. The Balaban J connectivity index is 3.07. The van der Waals surface area contributed by atoms with E-state index in [1.54, 1.807) is 20.8 Å². The van der Waals surface area contributed by atoms with Crippen LogP contribution in [0, 0.1) is 11.3 Å². The van der Waals surface area contributed by atoms with E-state index in [1.165, 1.54) is 11.9 Å². The highest BCUT2D eigenvalue weighted by molar-refractivity contribution is 5.85. The monoisotopic (exact) mass is 299 g/mol. The Kier molecular flexibility index (Phi) is 4.66. The van der Waals surface area contributed by atoms with Crippen molar-refractivity contribution in [3.05, 3.63) is 0 Å². The average molecular weight is 299 g/mol. The number of carboxylic acid groups (broad SMARTS) is 1. The van der Waals surface area contributed by atoms with Gasteiger partial charge in [-0.3, -0.25) is 4.90 Å². The van der Waals surface area contributed by atoms with Crippen LogP contribution in [0.4, 0.5) is 4.79 Å². The van der Waals surface area contributed by atoms with Crippen molar-refractivity contribution < 1.29 is 19.4 Å². The van der Waals surface area contributed by atoms with Crippen LogP contribution in [-0.2, 0) is 9.53 Å². The summed E-state index contributed by atoms with van der Waals surface area (Å²) >= 11 is 0. The van der Waals surface area contributed by atoms with Gasteiger partial charge in [0.25, 0.3) is 0 Å². The number of rotatable bonds is 2. The van der Waals surface area contributed by atoms with Crippen LogP contribution in [-0.4, -0.2) is 40.3 Å². The lowest BCUT2D eigenvalue weighted by Gasteiger charge is -2.49. The van der Waals surface area contributed by atoms with E-state index in [1.807, 2.05) is 6.92 Å². The Labute approximate surface area is 127 Å². The van der Waals surface area contributed by atoms with E-state index in [4.69, 9.17) is 4.74 Å². The summed E-state index contributed by atoms with van der Waals surface area (Å²) in [7, 11) is 1.54. The van der Waals surface area contributed by atoms with Gasteiger partial charge in [0.1, 0.15) is 11.1 Å². The number of hydrogen-bond donors (Lipinski definition) is 1. The van der Waals surface area contributed by atoms with Gasteiger partial charge in [-0.05, 0) is 51.4 Å². The number of hydrogen-bond acceptors (Lipinski definition) is 3. The maximum atomic E-state index is 12.3. The van der Waals surface area contributed by atoms with Gasteiger partial charge in [-0.1, -0.05) is 20.8 Å². The Bertz CT molecular complexity index is 424. The summed E-state index contributed by atoms with van der Waals surface area (Å²) < 4.78 is 5.35. The molecule has 0 radical (unpaired) electrons. The summed E-state index contributed by atoms with van der Waals surface area (Å²) in [4.78, 5) is 25.6. The molecule has 5 heteroatoms. The van der Waals surface area contributed by atoms with Gasteiger partial charge in [0.2, 0.25) is 0 Å². The zero-order valence-electron chi connectivity index (χ0n) is 14.3. The number of carbonyl (C=O) groups is 2. The Hall–Kier alpha value is -1.26. The lowest BCUT2D eigenvalue weighted by Crippen LogP contribution is -2.62. The molecule has 0 bridgehead atoms. The molecular weight excluding hydrogens is 270 g/mol. The van der Waals surface area contributed by atoms with Crippen LogP contribution < -0.4 is 0 Å². The second-order valence-corrected chi connectivity index (χ2v) is 8.04. The van der Waals surface area contributed by atoms with E-state index >= 15 is 0 Å². The zero-order valence-corrected chi connectivity index (χ0v) is 14.3. The predicted octanol–water partition coefficient (Wildman–Crippen LogP) is 3.52. The minimum atomic E-state index is -1.18. The predicted molar refractivity (Wildman–Crippen MR) is 81.2 cm³/mol. The summed E-state index contributed by atoms with van der Waals surface area (Å²) in [6.07, 6.45) is 1.42. The molecule has 1 aliphatic rings. The third-order valence-corrected chi connectivity index (χ3v) is 4.49. The molecule has 1 amide bonds. The van der Waals surface area contributed by atoms with Gasteiger partial charge in [-0.2, -0.15) is 0 Å². The topological polar surface area (TPSA) is 66.8 Å². The third kappa shape index (κ3) is 3.69. The highest BCUT2D eigenvalue weighted by Gasteiger charge is 2.54. The van der Waals surface area contributed by atoms with E-state index in [0.717, 1.165) is 12.8 Å². The Morgan fingerprint density at radius 1 is 1.24 bits per heavy atom. The fraction of sp³-hybridized carbons (Fsp3) is 0.875. The quantitative estimate of drug-likeness (QED) is 0.847. The molecule has 0 aromatic rings. The van der Waals surface area contributed by atoms with Crippen LogP contribution in [0.15, 0.2) is 0 Å². The number of likely N-dealkylation sites (N-methyl/N-ethyl adjacent to an activating group) is 1. The first-order valence-electron chi connectivity index (χ1n) is 7.52. The van der Waals surface area contributed by atoms with E-state index in [9.17, 15) is 14.7 Å². The van der Waals surface area contributed by atoms with Crippen molar-refractivity contribution in [1.29, 1.82) is 0 Å². The van der Waals surface area contributed by atoms with Crippen molar-refractivity contribution in [3.63, 3.8) is 0 Å². The van der Waals surface area contributed by atoms with Gasteiger partial charge in [-0.25, -0.2) is 9.59 Å². The normalized spacial score (nSPS) is 28.8. The number of nitrogens with zero attached hydrogens (tertiary/aromatic N) is 1. The first-order valence-corrected chi connectivity index (χ1v) is 7.52. The fourth-order valence-electron chi connectivity index (χ4n) is 3.33. The Morgan fingerprint density at radius 2 is 1.76 bits per heavy atom. The second kappa shape index (κ2) is 5.50. The molecule has 1 saturated carbocycles. The molecule has 122 valence electrons. The molecular formula is C16H29NO4. The molecule has 2 unspecified atom stereocenters. The molecule has 0 saturated heterocycles.